The Kier molecular flexibility index (Phi) is 4.37. The lowest BCUT2D eigenvalue weighted by Crippen LogP contribution is -2.22. The number of aromatic nitrogens is 1. The van der Waals surface area contributed by atoms with Crippen LogP contribution in [0.1, 0.15) is 15.4 Å². The number of benzene rings is 3. The van der Waals surface area contributed by atoms with Crippen molar-refractivity contribution < 1.29 is 9.90 Å². The monoisotopic (exact) mass is 360 g/mol. The molecule has 1 heterocycles. The van der Waals surface area contributed by atoms with Gasteiger partial charge in [0.05, 0.1) is 10.2 Å². The van der Waals surface area contributed by atoms with Crippen LogP contribution in [0, 0.1) is 0 Å². The van der Waals surface area contributed by atoms with Crippen molar-refractivity contribution in [3.63, 3.8) is 0 Å². The minimum absolute atomic E-state index is 0.173. The molecule has 0 aliphatic carbocycles. The molecule has 128 valence electrons. The topological polar surface area (TPSA) is 62.2 Å². The fourth-order valence-electron chi connectivity index (χ4n) is 2.71. The molecule has 3 aromatic carbocycles. The van der Waals surface area contributed by atoms with Crippen molar-refractivity contribution in [2.45, 2.75) is 6.54 Å². The van der Waals surface area contributed by atoms with Gasteiger partial charge in [-0.05, 0) is 34.9 Å². The summed E-state index contributed by atoms with van der Waals surface area (Å²) in [6.07, 6.45) is 0. The van der Waals surface area contributed by atoms with E-state index in [0.717, 1.165) is 15.8 Å². The van der Waals surface area contributed by atoms with Gasteiger partial charge in [0.25, 0.3) is 5.91 Å². The minimum Gasteiger partial charge on any atom is -0.508 e. The second kappa shape index (κ2) is 6.98. The van der Waals surface area contributed by atoms with Gasteiger partial charge in [0.15, 0.2) is 5.01 Å². The Balaban J connectivity index is 1.43. The molecule has 2 N–H and O–H groups in total. The van der Waals surface area contributed by atoms with Crippen molar-refractivity contribution in [2.75, 3.05) is 0 Å². The first-order chi connectivity index (χ1) is 12.7. The number of fused-ring (bicyclic) bond motifs is 1. The molecular formula is C21H16N2O2S. The van der Waals surface area contributed by atoms with Crippen molar-refractivity contribution in [1.29, 1.82) is 0 Å². The zero-order valence-corrected chi connectivity index (χ0v) is 14.7. The number of rotatable bonds is 4. The van der Waals surface area contributed by atoms with Crippen LogP contribution in [0.4, 0.5) is 0 Å². The van der Waals surface area contributed by atoms with Gasteiger partial charge in [0, 0.05) is 6.54 Å². The van der Waals surface area contributed by atoms with E-state index in [1.165, 1.54) is 16.9 Å². The van der Waals surface area contributed by atoms with E-state index in [1.807, 2.05) is 30.3 Å². The highest BCUT2D eigenvalue weighted by molar-refractivity contribution is 7.20. The van der Waals surface area contributed by atoms with Crippen LogP contribution < -0.4 is 5.32 Å². The Labute approximate surface area is 154 Å². The van der Waals surface area contributed by atoms with Gasteiger partial charge in [-0.3, -0.25) is 4.79 Å². The van der Waals surface area contributed by atoms with E-state index in [2.05, 4.69) is 34.6 Å². The summed E-state index contributed by atoms with van der Waals surface area (Å²) in [7, 11) is 0. The van der Waals surface area contributed by atoms with Gasteiger partial charge in [-0.15, -0.1) is 11.3 Å². The van der Waals surface area contributed by atoms with Crippen molar-refractivity contribution in [3.8, 4) is 16.9 Å². The summed E-state index contributed by atoms with van der Waals surface area (Å²) in [5.74, 6) is -0.0376. The van der Waals surface area contributed by atoms with E-state index in [-0.39, 0.29) is 11.7 Å². The van der Waals surface area contributed by atoms with Crippen molar-refractivity contribution >= 4 is 27.5 Å². The number of hydrogen-bond acceptors (Lipinski definition) is 4. The first kappa shape index (κ1) is 16.3. The van der Waals surface area contributed by atoms with Crippen LogP contribution >= 0.6 is 11.3 Å². The maximum absolute atomic E-state index is 12.3. The molecule has 0 saturated carbocycles. The molecule has 1 amide bonds. The predicted octanol–water partition coefficient (Wildman–Crippen LogP) is 4.60. The summed E-state index contributed by atoms with van der Waals surface area (Å²) >= 11 is 1.27. The number of carbonyl (C=O) groups is 1. The molecule has 0 unspecified atom stereocenters. The Morgan fingerprint density at radius 2 is 1.69 bits per heavy atom. The van der Waals surface area contributed by atoms with Gasteiger partial charge in [-0.1, -0.05) is 54.6 Å². The molecule has 0 bridgehead atoms. The number of amides is 1. The molecule has 1 aromatic heterocycles. The van der Waals surface area contributed by atoms with Gasteiger partial charge in [0.2, 0.25) is 0 Å². The first-order valence-electron chi connectivity index (χ1n) is 8.21. The maximum atomic E-state index is 12.3. The van der Waals surface area contributed by atoms with Crippen molar-refractivity contribution in [3.05, 3.63) is 83.4 Å². The minimum atomic E-state index is -0.210. The number of nitrogens with one attached hydrogen (secondary N) is 1. The third-order valence-corrected chi connectivity index (χ3v) is 5.10. The molecule has 0 saturated heterocycles. The molecule has 4 rings (SSSR count). The van der Waals surface area contributed by atoms with Crippen molar-refractivity contribution in [1.82, 2.24) is 10.3 Å². The molecule has 0 aliphatic heterocycles. The second-order valence-electron chi connectivity index (χ2n) is 5.92. The van der Waals surface area contributed by atoms with Crippen LogP contribution in [0.2, 0.25) is 0 Å². The molecule has 5 heteroatoms. The van der Waals surface area contributed by atoms with Gasteiger partial charge in [-0.2, -0.15) is 0 Å². The highest BCUT2D eigenvalue weighted by Gasteiger charge is 2.12. The Hall–Kier alpha value is -3.18. The van der Waals surface area contributed by atoms with E-state index in [0.29, 0.717) is 17.1 Å². The molecule has 0 atom stereocenters. The maximum Gasteiger partial charge on any atom is 0.280 e. The lowest BCUT2D eigenvalue weighted by molar-refractivity contribution is 0.0950. The highest BCUT2D eigenvalue weighted by atomic mass is 32.1. The van der Waals surface area contributed by atoms with Crippen LogP contribution in [-0.2, 0) is 6.54 Å². The lowest BCUT2D eigenvalue weighted by Gasteiger charge is -2.05. The number of carbonyl (C=O) groups excluding carboxylic acids is 1. The Morgan fingerprint density at radius 1 is 0.962 bits per heavy atom. The predicted molar refractivity (Wildman–Crippen MR) is 104 cm³/mol. The molecule has 0 spiro atoms. The zero-order valence-electron chi connectivity index (χ0n) is 13.8. The normalized spacial score (nSPS) is 10.8. The van der Waals surface area contributed by atoms with E-state index < -0.39 is 0 Å². The smallest absolute Gasteiger partial charge is 0.280 e. The molecule has 26 heavy (non-hydrogen) atoms. The Morgan fingerprint density at radius 3 is 2.46 bits per heavy atom. The largest absolute Gasteiger partial charge is 0.508 e. The summed E-state index contributed by atoms with van der Waals surface area (Å²) in [6, 6.07) is 23.2. The van der Waals surface area contributed by atoms with E-state index in [9.17, 15) is 9.90 Å². The molecule has 0 radical (unpaired) electrons. The van der Waals surface area contributed by atoms with Crippen LogP contribution in [0.3, 0.4) is 0 Å². The lowest BCUT2D eigenvalue weighted by atomic mass is 10.0. The number of aromatic hydroxyl groups is 1. The summed E-state index contributed by atoms with van der Waals surface area (Å²) in [6.45, 7) is 0.440. The molecule has 0 fully saturated rings. The zero-order chi connectivity index (χ0) is 17.9. The Bertz CT molecular complexity index is 1060. The summed E-state index contributed by atoms with van der Waals surface area (Å²) in [5, 5.41) is 12.8. The van der Waals surface area contributed by atoms with Crippen LogP contribution in [0.5, 0.6) is 5.75 Å². The summed E-state index contributed by atoms with van der Waals surface area (Å²) < 4.78 is 0.794. The van der Waals surface area contributed by atoms with Gasteiger partial charge < -0.3 is 10.4 Å². The average Bonchev–Trinajstić information content (AvgIpc) is 3.10. The summed E-state index contributed by atoms with van der Waals surface area (Å²) in [4.78, 5) is 16.7. The molecule has 4 nitrogen and oxygen atoms in total. The standard InChI is InChI=1S/C21H16N2O2S/c24-17-10-11-18-19(12-17)26-21(23-18)20(25)22-13-14-6-8-16(9-7-14)15-4-2-1-3-5-15/h1-12,24H,13H2,(H,22,25). The third-order valence-electron chi connectivity index (χ3n) is 4.08. The second-order valence-corrected chi connectivity index (χ2v) is 6.95. The SMILES string of the molecule is O=C(NCc1ccc(-c2ccccc2)cc1)c1nc2ccc(O)cc2s1. The fourth-order valence-corrected chi connectivity index (χ4v) is 3.63. The number of hydrogen-bond donors (Lipinski definition) is 2. The average molecular weight is 360 g/mol. The number of thiazole rings is 1. The number of phenolic OH excluding ortho intramolecular Hbond substituents is 1. The van der Waals surface area contributed by atoms with Gasteiger partial charge in [-0.25, -0.2) is 4.98 Å². The first-order valence-corrected chi connectivity index (χ1v) is 9.03. The summed E-state index contributed by atoms with van der Waals surface area (Å²) in [5.41, 5.74) is 4.05. The number of nitrogens with zero attached hydrogens (tertiary/aromatic N) is 1. The molecule has 0 aliphatic rings. The van der Waals surface area contributed by atoms with Gasteiger partial charge in [0.1, 0.15) is 5.75 Å². The quantitative estimate of drug-likeness (QED) is 0.559. The molecular weight excluding hydrogens is 344 g/mol. The van der Waals surface area contributed by atoms with E-state index in [1.54, 1.807) is 18.2 Å². The highest BCUT2D eigenvalue weighted by Crippen LogP contribution is 2.25. The van der Waals surface area contributed by atoms with Crippen molar-refractivity contribution in [2.24, 2.45) is 0 Å². The van der Waals surface area contributed by atoms with Crippen LogP contribution in [-0.4, -0.2) is 16.0 Å². The third kappa shape index (κ3) is 3.43. The van der Waals surface area contributed by atoms with Crippen LogP contribution in [0.25, 0.3) is 21.3 Å². The molecule has 4 aromatic rings. The van der Waals surface area contributed by atoms with Crippen LogP contribution in [0.15, 0.2) is 72.8 Å². The van der Waals surface area contributed by atoms with Gasteiger partial charge >= 0.3 is 0 Å². The van der Waals surface area contributed by atoms with E-state index in [4.69, 9.17) is 0 Å². The fraction of sp³-hybridized carbons (Fsp3) is 0.0476. The van der Waals surface area contributed by atoms with E-state index >= 15 is 0 Å². The number of phenols is 1.